The molecule has 0 saturated carbocycles. The van der Waals surface area contributed by atoms with E-state index in [9.17, 15) is 0 Å². The number of hydrogen-bond acceptors (Lipinski definition) is 2. The maximum atomic E-state index is 5.52. The highest BCUT2D eigenvalue weighted by atomic mass is 32.1. The highest BCUT2D eigenvalue weighted by Gasteiger charge is 2.04. The molecule has 1 N–H and O–H groups in total. The Balaban J connectivity index is 3.32. The van der Waals surface area contributed by atoms with Crippen LogP contribution < -0.4 is 5.32 Å². The van der Waals surface area contributed by atoms with E-state index in [0.29, 0.717) is 5.17 Å². The van der Waals surface area contributed by atoms with Crippen LogP contribution in [0.3, 0.4) is 0 Å². The van der Waals surface area contributed by atoms with Gasteiger partial charge in [-0.3, -0.25) is 0 Å². The minimum Gasteiger partial charge on any atom is -0.468 e. The molecule has 3 heteroatoms. The molecule has 0 saturated heterocycles. The van der Waals surface area contributed by atoms with Gasteiger partial charge >= 0.3 is 0 Å². The fourth-order valence-corrected chi connectivity index (χ4v) is 1.77. The molecule has 2 nitrogen and oxygen atoms in total. The summed E-state index contributed by atoms with van der Waals surface area (Å²) in [7, 11) is 0. The van der Waals surface area contributed by atoms with Crippen molar-refractivity contribution < 1.29 is 4.74 Å². The predicted molar refractivity (Wildman–Crippen MR) is 70.2 cm³/mol. The van der Waals surface area contributed by atoms with E-state index in [2.05, 4.69) is 19.2 Å². The quantitative estimate of drug-likeness (QED) is 0.509. The molecule has 0 radical (unpaired) electrons. The van der Waals surface area contributed by atoms with Gasteiger partial charge in [0.25, 0.3) is 5.17 Å². The second-order valence-electron chi connectivity index (χ2n) is 3.95. The summed E-state index contributed by atoms with van der Waals surface area (Å²) in [5.74, 6) is 0. The molecular formula is C12H25NOS. The summed E-state index contributed by atoms with van der Waals surface area (Å²) in [6, 6.07) is 0. The van der Waals surface area contributed by atoms with Gasteiger partial charge in [-0.25, -0.2) is 0 Å². The summed E-state index contributed by atoms with van der Waals surface area (Å²) in [5.41, 5.74) is 0. The Hall–Kier alpha value is -0.310. The summed E-state index contributed by atoms with van der Waals surface area (Å²) < 4.78 is 5.52. The van der Waals surface area contributed by atoms with Gasteiger partial charge < -0.3 is 10.1 Å². The normalized spacial score (nSPS) is 12.2. The topological polar surface area (TPSA) is 21.3 Å². The van der Waals surface area contributed by atoms with Crippen molar-refractivity contribution in [1.29, 1.82) is 0 Å². The lowest BCUT2D eigenvalue weighted by Gasteiger charge is -2.15. The van der Waals surface area contributed by atoms with Crippen molar-refractivity contribution in [3.05, 3.63) is 0 Å². The first kappa shape index (κ1) is 14.7. The maximum Gasteiger partial charge on any atom is 0.256 e. The van der Waals surface area contributed by atoms with Crippen molar-refractivity contribution in [2.45, 2.75) is 65.4 Å². The zero-order chi connectivity index (χ0) is 11.5. The van der Waals surface area contributed by atoms with Crippen LogP contribution in [0, 0.1) is 0 Å². The molecule has 1 atom stereocenters. The van der Waals surface area contributed by atoms with Crippen LogP contribution in [0.4, 0.5) is 0 Å². The molecule has 0 aliphatic heterocycles. The van der Waals surface area contributed by atoms with Crippen LogP contribution in [-0.4, -0.2) is 17.8 Å². The molecule has 0 heterocycles. The van der Waals surface area contributed by atoms with Crippen molar-refractivity contribution in [1.82, 2.24) is 5.32 Å². The standard InChI is InChI=1S/C12H25NOS/c1-4-6-7-8-9-10-11(3)14-12(15)13-5-2/h11H,4-10H2,1-3H3,(H,13,15). The predicted octanol–water partition coefficient (Wildman–Crippen LogP) is 3.65. The van der Waals surface area contributed by atoms with E-state index in [1.165, 1.54) is 32.1 Å². The first-order valence-electron chi connectivity index (χ1n) is 6.15. The fraction of sp³-hybridized carbons (Fsp3) is 0.917. The molecule has 0 aliphatic carbocycles. The Kier molecular flexibility index (Phi) is 10.0. The molecule has 0 aliphatic rings. The van der Waals surface area contributed by atoms with Crippen LogP contribution in [0.25, 0.3) is 0 Å². The second-order valence-corrected chi connectivity index (χ2v) is 4.32. The molecule has 0 rings (SSSR count). The first-order valence-corrected chi connectivity index (χ1v) is 6.56. The molecule has 90 valence electrons. The van der Waals surface area contributed by atoms with E-state index in [1.54, 1.807) is 0 Å². The van der Waals surface area contributed by atoms with Crippen molar-refractivity contribution in [3.63, 3.8) is 0 Å². The number of hydrogen-bond donors (Lipinski definition) is 1. The second kappa shape index (κ2) is 10.2. The summed E-state index contributed by atoms with van der Waals surface area (Å²) in [4.78, 5) is 0. The molecule has 0 aromatic heterocycles. The highest BCUT2D eigenvalue weighted by molar-refractivity contribution is 7.80. The average Bonchev–Trinajstić information content (AvgIpc) is 2.17. The van der Waals surface area contributed by atoms with E-state index >= 15 is 0 Å². The number of ether oxygens (including phenoxy) is 1. The van der Waals surface area contributed by atoms with Crippen LogP contribution >= 0.6 is 12.2 Å². The molecule has 0 amide bonds. The van der Waals surface area contributed by atoms with Crippen LogP contribution in [0.2, 0.25) is 0 Å². The monoisotopic (exact) mass is 231 g/mol. The molecule has 15 heavy (non-hydrogen) atoms. The smallest absolute Gasteiger partial charge is 0.256 e. The molecule has 0 aromatic carbocycles. The Morgan fingerprint density at radius 3 is 2.47 bits per heavy atom. The summed E-state index contributed by atoms with van der Waals surface area (Å²) in [6.45, 7) is 7.18. The molecule has 0 fully saturated rings. The van der Waals surface area contributed by atoms with Crippen LogP contribution in [0.1, 0.15) is 59.3 Å². The van der Waals surface area contributed by atoms with E-state index < -0.39 is 0 Å². The van der Waals surface area contributed by atoms with Gasteiger partial charge in [0.1, 0.15) is 0 Å². The molecule has 0 bridgehead atoms. The first-order chi connectivity index (χ1) is 7.20. The average molecular weight is 231 g/mol. The molecule has 0 aromatic rings. The minimum absolute atomic E-state index is 0.248. The van der Waals surface area contributed by atoms with Crippen molar-refractivity contribution in [3.8, 4) is 0 Å². The molecular weight excluding hydrogens is 206 g/mol. The third-order valence-corrected chi connectivity index (χ3v) is 2.58. The summed E-state index contributed by atoms with van der Waals surface area (Å²) in [5, 5.41) is 3.54. The van der Waals surface area contributed by atoms with Crippen molar-refractivity contribution in [2.24, 2.45) is 0 Å². The largest absolute Gasteiger partial charge is 0.468 e. The van der Waals surface area contributed by atoms with Gasteiger partial charge in [0.15, 0.2) is 0 Å². The Morgan fingerprint density at radius 2 is 1.87 bits per heavy atom. The third-order valence-electron chi connectivity index (χ3n) is 2.34. The Labute approximate surface area is 99.8 Å². The number of rotatable bonds is 8. The third kappa shape index (κ3) is 9.98. The van der Waals surface area contributed by atoms with Gasteiger partial charge in [0, 0.05) is 6.54 Å². The molecule has 0 spiro atoms. The van der Waals surface area contributed by atoms with E-state index in [4.69, 9.17) is 17.0 Å². The highest BCUT2D eigenvalue weighted by Crippen LogP contribution is 2.09. The van der Waals surface area contributed by atoms with Crippen LogP contribution in [-0.2, 0) is 4.74 Å². The summed E-state index contributed by atoms with van der Waals surface area (Å²) in [6.07, 6.45) is 7.92. The number of thiocarbonyl (C=S) groups is 1. The SMILES string of the molecule is CCCCCCCC(C)OC(=S)NCC. The number of nitrogens with one attached hydrogen (secondary N) is 1. The zero-order valence-corrected chi connectivity index (χ0v) is 11.2. The van der Waals surface area contributed by atoms with Crippen molar-refractivity contribution in [2.75, 3.05) is 6.54 Å². The van der Waals surface area contributed by atoms with Gasteiger partial charge in [-0.15, -0.1) is 0 Å². The Bertz CT molecular complexity index is 162. The van der Waals surface area contributed by atoms with Crippen LogP contribution in [0.15, 0.2) is 0 Å². The van der Waals surface area contributed by atoms with Gasteiger partial charge in [-0.1, -0.05) is 32.6 Å². The Morgan fingerprint density at radius 1 is 1.20 bits per heavy atom. The number of unbranched alkanes of at least 4 members (excludes halogenated alkanes) is 4. The lowest BCUT2D eigenvalue weighted by molar-refractivity contribution is 0.190. The maximum absolute atomic E-state index is 5.52. The van der Waals surface area contributed by atoms with Gasteiger partial charge in [-0.05, 0) is 38.9 Å². The van der Waals surface area contributed by atoms with Gasteiger partial charge in [0.2, 0.25) is 0 Å². The van der Waals surface area contributed by atoms with E-state index in [1.807, 2.05) is 6.92 Å². The lowest BCUT2D eigenvalue weighted by atomic mass is 10.1. The summed E-state index contributed by atoms with van der Waals surface area (Å²) >= 11 is 5.02. The van der Waals surface area contributed by atoms with Crippen LogP contribution in [0.5, 0.6) is 0 Å². The fourth-order valence-electron chi connectivity index (χ4n) is 1.46. The molecule has 1 unspecified atom stereocenters. The van der Waals surface area contributed by atoms with Crippen molar-refractivity contribution >= 4 is 17.4 Å². The van der Waals surface area contributed by atoms with Gasteiger partial charge in [-0.2, -0.15) is 0 Å². The lowest BCUT2D eigenvalue weighted by Crippen LogP contribution is -2.27. The van der Waals surface area contributed by atoms with E-state index in [-0.39, 0.29) is 6.10 Å². The zero-order valence-electron chi connectivity index (χ0n) is 10.3. The van der Waals surface area contributed by atoms with E-state index in [0.717, 1.165) is 13.0 Å². The van der Waals surface area contributed by atoms with Gasteiger partial charge in [0.05, 0.1) is 6.10 Å². The minimum atomic E-state index is 0.248.